The van der Waals surface area contributed by atoms with Gasteiger partial charge in [0.25, 0.3) is 0 Å². The van der Waals surface area contributed by atoms with Gasteiger partial charge >= 0.3 is 0 Å². The Hall–Kier alpha value is -0.800. The lowest BCUT2D eigenvalue weighted by atomic mass is 10.5. The van der Waals surface area contributed by atoms with Crippen LogP contribution in [0.25, 0.3) is 0 Å². The first-order valence-electron chi connectivity index (χ1n) is 5.62. The van der Waals surface area contributed by atoms with Gasteiger partial charge in [0.2, 0.25) is 0 Å². The van der Waals surface area contributed by atoms with Gasteiger partial charge in [-0.1, -0.05) is 20.8 Å². The lowest BCUT2D eigenvalue weighted by molar-refractivity contribution is 0.273. The zero-order valence-corrected chi connectivity index (χ0v) is 10.4. The molecule has 1 N–H and O–H groups in total. The van der Waals surface area contributed by atoms with Gasteiger partial charge in [-0.2, -0.15) is 0 Å². The minimum Gasteiger partial charge on any atom is -0.390 e. The third-order valence-corrected chi connectivity index (χ3v) is 2.55. The molecule has 0 aromatic carbocycles. The van der Waals surface area contributed by atoms with Crippen molar-refractivity contribution in [3.05, 3.63) is 24.0 Å². The van der Waals surface area contributed by atoms with E-state index >= 15 is 0 Å². The molecule has 1 aromatic rings. The SMILES string of the molecule is CCN(CC)CC.Cn1cccc1CO. The topological polar surface area (TPSA) is 28.4 Å². The van der Waals surface area contributed by atoms with E-state index < -0.39 is 0 Å². The smallest absolute Gasteiger partial charge is 0.0832 e. The summed E-state index contributed by atoms with van der Waals surface area (Å²) >= 11 is 0. The molecule has 0 saturated heterocycles. The molecule has 0 unspecified atom stereocenters. The van der Waals surface area contributed by atoms with Crippen LogP contribution < -0.4 is 0 Å². The average molecular weight is 212 g/mol. The summed E-state index contributed by atoms with van der Waals surface area (Å²) < 4.78 is 1.89. The number of hydrogen-bond acceptors (Lipinski definition) is 2. The van der Waals surface area contributed by atoms with E-state index in [9.17, 15) is 0 Å². The van der Waals surface area contributed by atoms with Gasteiger partial charge in [0.15, 0.2) is 0 Å². The second kappa shape index (κ2) is 8.50. The highest BCUT2D eigenvalue weighted by Gasteiger charge is 1.90. The molecule has 1 aromatic heterocycles. The largest absolute Gasteiger partial charge is 0.390 e. The van der Waals surface area contributed by atoms with Crippen molar-refractivity contribution < 1.29 is 5.11 Å². The molecule has 3 heteroatoms. The minimum atomic E-state index is 0.128. The molecular weight excluding hydrogens is 188 g/mol. The molecule has 0 aliphatic carbocycles. The molecule has 1 rings (SSSR count). The van der Waals surface area contributed by atoms with Crippen molar-refractivity contribution >= 4 is 0 Å². The van der Waals surface area contributed by atoms with E-state index in [0.29, 0.717) is 0 Å². The van der Waals surface area contributed by atoms with Crippen molar-refractivity contribution in [2.75, 3.05) is 19.6 Å². The van der Waals surface area contributed by atoms with Gasteiger partial charge in [-0.05, 0) is 31.8 Å². The second-order valence-electron chi connectivity index (χ2n) is 3.39. The van der Waals surface area contributed by atoms with E-state index in [1.54, 1.807) is 0 Å². The molecule has 0 saturated carbocycles. The zero-order valence-electron chi connectivity index (χ0n) is 10.4. The van der Waals surface area contributed by atoms with Gasteiger partial charge in [-0.15, -0.1) is 0 Å². The predicted molar refractivity (Wildman–Crippen MR) is 64.8 cm³/mol. The number of rotatable bonds is 4. The first-order valence-corrected chi connectivity index (χ1v) is 5.62. The Kier molecular flexibility index (Phi) is 8.05. The van der Waals surface area contributed by atoms with Gasteiger partial charge in [0.05, 0.1) is 6.61 Å². The highest BCUT2D eigenvalue weighted by atomic mass is 16.3. The molecule has 0 aliphatic heterocycles. The third kappa shape index (κ3) is 5.60. The molecule has 0 atom stereocenters. The molecule has 1 heterocycles. The summed E-state index contributed by atoms with van der Waals surface area (Å²) in [5.41, 5.74) is 0.949. The van der Waals surface area contributed by atoms with Crippen LogP contribution in [0, 0.1) is 0 Å². The standard InChI is InChI=1S/C6H9NO.C6H15N/c1-7-4-2-3-6(7)5-8;1-4-7(5-2)6-3/h2-4,8H,5H2,1H3;4-6H2,1-3H3. The Labute approximate surface area is 93.3 Å². The molecular formula is C12H24N2O. The fourth-order valence-corrected chi connectivity index (χ4v) is 1.33. The third-order valence-electron chi connectivity index (χ3n) is 2.55. The molecule has 0 radical (unpaired) electrons. The van der Waals surface area contributed by atoms with Gasteiger partial charge in [0.1, 0.15) is 0 Å². The summed E-state index contributed by atoms with van der Waals surface area (Å²) in [7, 11) is 1.91. The van der Waals surface area contributed by atoms with Crippen molar-refractivity contribution in [2.45, 2.75) is 27.4 Å². The minimum absolute atomic E-state index is 0.128. The molecule has 0 bridgehead atoms. The lowest BCUT2D eigenvalue weighted by Crippen LogP contribution is -2.21. The summed E-state index contributed by atoms with van der Waals surface area (Å²) in [6.45, 7) is 10.3. The summed E-state index contributed by atoms with van der Waals surface area (Å²) in [5.74, 6) is 0. The fraction of sp³-hybridized carbons (Fsp3) is 0.667. The van der Waals surface area contributed by atoms with E-state index in [4.69, 9.17) is 5.11 Å². The normalized spacial score (nSPS) is 10.0. The highest BCUT2D eigenvalue weighted by molar-refractivity contribution is 5.04. The number of aliphatic hydroxyl groups excluding tert-OH is 1. The number of aromatic nitrogens is 1. The fourth-order valence-electron chi connectivity index (χ4n) is 1.33. The Bertz CT molecular complexity index is 236. The summed E-state index contributed by atoms with van der Waals surface area (Å²) in [6.07, 6.45) is 1.91. The maximum absolute atomic E-state index is 8.59. The number of hydrogen-bond donors (Lipinski definition) is 1. The molecule has 3 nitrogen and oxygen atoms in total. The van der Waals surface area contributed by atoms with Crippen molar-refractivity contribution in [3.63, 3.8) is 0 Å². The molecule has 88 valence electrons. The molecule has 0 fully saturated rings. The van der Waals surface area contributed by atoms with Gasteiger partial charge < -0.3 is 14.6 Å². The van der Waals surface area contributed by atoms with Gasteiger partial charge in [-0.25, -0.2) is 0 Å². The quantitative estimate of drug-likeness (QED) is 0.825. The zero-order chi connectivity index (χ0) is 11.7. The van der Waals surface area contributed by atoms with E-state index in [2.05, 4.69) is 25.7 Å². The summed E-state index contributed by atoms with van der Waals surface area (Å²) in [5, 5.41) is 8.59. The van der Waals surface area contributed by atoms with Crippen LogP contribution in [0.1, 0.15) is 26.5 Å². The van der Waals surface area contributed by atoms with Crippen molar-refractivity contribution in [2.24, 2.45) is 7.05 Å². The number of aliphatic hydroxyl groups is 1. The Morgan fingerprint density at radius 3 is 1.87 bits per heavy atom. The van der Waals surface area contributed by atoms with Crippen LogP contribution in [0.4, 0.5) is 0 Å². The molecule has 0 aliphatic rings. The predicted octanol–water partition coefficient (Wildman–Crippen LogP) is 1.87. The summed E-state index contributed by atoms with van der Waals surface area (Å²) in [6, 6.07) is 3.80. The Morgan fingerprint density at radius 1 is 1.20 bits per heavy atom. The lowest BCUT2D eigenvalue weighted by Gasteiger charge is -2.13. The van der Waals surface area contributed by atoms with Crippen LogP contribution in [-0.4, -0.2) is 34.2 Å². The molecule has 15 heavy (non-hydrogen) atoms. The van der Waals surface area contributed by atoms with Crippen LogP contribution >= 0.6 is 0 Å². The van der Waals surface area contributed by atoms with E-state index in [1.165, 1.54) is 19.6 Å². The van der Waals surface area contributed by atoms with Gasteiger partial charge in [0, 0.05) is 18.9 Å². The summed E-state index contributed by atoms with van der Waals surface area (Å²) in [4.78, 5) is 2.38. The van der Waals surface area contributed by atoms with Crippen LogP contribution in [0.5, 0.6) is 0 Å². The first-order chi connectivity index (χ1) is 7.19. The Balaban J connectivity index is 0.000000265. The van der Waals surface area contributed by atoms with Crippen LogP contribution in [0.2, 0.25) is 0 Å². The van der Waals surface area contributed by atoms with Crippen LogP contribution in [0.15, 0.2) is 18.3 Å². The van der Waals surface area contributed by atoms with E-state index in [0.717, 1.165) is 5.69 Å². The van der Waals surface area contributed by atoms with Crippen LogP contribution in [0.3, 0.4) is 0 Å². The van der Waals surface area contributed by atoms with E-state index in [-0.39, 0.29) is 6.61 Å². The monoisotopic (exact) mass is 212 g/mol. The maximum atomic E-state index is 8.59. The van der Waals surface area contributed by atoms with Crippen molar-refractivity contribution in [3.8, 4) is 0 Å². The second-order valence-corrected chi connectivity index (χ2v) is 3.39. The number of aryl methyl sites for hydroxylation is 1. The van der Waals surface area contributed by atoms with E-state index in [1.807, 2.05) is 29.9 Å². The molecule has 0 spiro atoms. The van der Waals surface area contributed by atoms with Gasteiger partial charge in [-0.3, -0.25) is 0 Å². The highest BCUT2D eigenvalue weighted by Crippen LogP contribution is 1.96. The molecule has 0 amide bonds. The van der Waals surface area contributed by atoms with Crippen LogP contribution in [-0.2, 0) is 13.7 Å². The first kappa shape index (κ1) is 14.2. The number of nitrogens with zero attached hydrogens (tertiary/aromatic N) is 2. The van der Waals surface area contributed by atoms with Crippen molar-refractivity contribution in [1.29, 1.82) is 0 Å². The average Bonchev–Trinajstić information content (AvgIpc) is 2.67. The Morgan fingerprint density at radius 2 is 1.73 bits per heavy atom. The maximum Gasteiger partial charge on any atom is 0.0832 e. The van der Waals surface area contributed by atoms with Crippen molar-refractivity contribution in [1.82, 2.24) is 9.47 Å².